The van der Waals surface area contributed by atoms with Crippen molar-refractivity contribution < 1.29 is 0 Å². The molecular formula is C19H31N. The van der Waals surface area contributed by atoms with E-state index in [0.717, 1.165) is 24.3 Å². The van der Waals surface area contributed by atoms with Gasteiger partial charge in [0.2, 0.25) is 0 Å². The molecule has 0 aliphatic heterocycles. The quantitative estimate of drug-likeness (QED) is 0.752. The first-order valence-electron chi connectivity index (χ1n) is 8.44. The van der Waals surface area contributed by atoms with Gasteiger partial charge in [-0.3, -0.25) is 0 Å². The number of benzene rings is 1. The summed E-state index contributed by atoms with van der Waals surface area (Å²) in [4.78, 5) is 0. The third-order valence-electron chi connectivity index (χ3n) is 4.59. The molecule has 1 aromatic rings. The molecule has 0 heterocycles. The summed E-state index contributed by atoms with van der Waals surface area (Å²) < 4.78 is 0. The third kappa shape index (κ3) is 4.63. The maximum absolute atomic E-state index is 3.70. The van der Waals surface area contributed by atoms with Crippen LogP contribution in [0.3, 0.4) is 0 Å². The molecule has 1 nitrogen and oxygen atoms in total. The van der Waals surface area contributed by atoms with Crippen molar-refractivity contribution in [1.82, 2.24) is 5.32 Å². The van der Waals surface area contributed by atoms with E-state index in [1.54, 1.807) is 5.56 Å². The van der Waals surface area contributed by atoms with E-state index in [-0.39, 0.29) is 0 Å². The van der Waals surface area contributed by atoms with Gasteiger partial charge in [-0.1, -0.05) is 62.9 Å². The fraction of sp³-hybridized carbons (Fsp3) is 0.684. The summed E-state index contributed by atoms with van der Waals surface area (Å²) in [6.07, 6.45) is 7.00. The number of hydrogen-bond acceptors (Lipinski definition) is 1. The van der Waals surface area contributed by atoms with Crippen molar-refractivity contribution in [1.29, 1.82) is 0 Å². The van der Waals surface area contributed by atoms with Crippen LogP contribution in [0.4, 0.5) is 0 Å². The lowest BCUT2D eigenvalue weighted by Crippen LogP contribution is -2.29. The minimum atomic E-state index is 0.748. The number of nitrogens with one attached hydrogen (secondary N) is 1. The van der Waals surface area contributed by atoms with E-state index < -0.39 is 0 Å². The predicted molar refractivity (Wildman–Crippen MR) is 88.2 cm³/mol. The van der Waals surface area contributed by atoms with Crippen LogP contribution >= 0.6 is 0 Å². The Kier molecular flexibility index (Phi) is 6.09. The molecule has 20 heavy (non-hydrogen) atoms. The number of rotatable bonds is 5. The van der Waals surface area contributed by atoms with Crippen LogP contribution in [-0.4, -0.2) is 13.1 Å². The average Bonchev–Trinajstić information content (AvgIpc) is 2.64. The highest BCUT2D eigenvalue weighted by atomic mass is 14.9. The van der Waals surface area contributed by atoms with Crippen LogP contribution in [0.2, 0.25) is 0 Å². The molecule has 2 atom stereocenters. The molecule has 1 heteroatoms. The van der Waals surface area contributed by atoms with E-state index in [1.165, 1.54) is 44.2 Å². The highest BCUT2D eigenvalue weighted by Gasteiger charge is 2.24. The van der Waals surface area contributed by atoms with Crippen molar-refractivity contribution in [3.63, 3.8) is 0 Å². The maximum atomic E-state index is 3.70. The molecule has 1 aliphatic rings. The molecule has 0 bridgehead atoms. The zero-order chi connectivity index (χ0) is 14.4. The van der Waals surface area contributed by atoms with Crippen LogP contribution in [0.15, 0.2) is 24.3 Å². The predicted octanol–water partition coefficient (Wildman–Crippen LogP) is 4.90. The molecule has 1 N–H and O–H groups in total. The van der Waals surface area contributed by atoms with Crippen LogP contribution in [-0.2, 0) is 0 Å². The van der Waals surface area contributed by atoms with Gasteiger partial charge in [0.1, 0.15) is 0 Å². The summed E-state index contributed by atoms with van der Waals surface area (Å²) in [5.74, 6) is 2.33. The first kappa shape index (κ1) is 15.6. The van der Waals surface area contributed by atoms with Gasteiger partial charge in [0.15, 0.2) is 0 Å². The second-order valence-corrected chi connectivity index (χ2v) is 6.97. The number of hydrogen-bond donors (Lipinski definition) is 1. The van der Waals surface area contributed by atoms with Crippen molar-refractivity contribution in [2.24, 2.45) is 11.8 Å². The summed E-state index contributed by atoms with van der Waals surface area (Å²) in [7, 11) is 0. The minimum Gasteiger partial charge on any atom is -0.316 e. The standard InChI is InChI=1S/C19H31N/c1-15(2)13-20-14-18-9-5-4-6-11-19(18)17-10-7-8-16(3)12-17/h7-8,10,12,15,18-20H,4-6,9,11,13-14H2,1-3H3. The van der Waals surface area contributed by atoms with Crippen LogP contribution in [0.1, 0.15) is 63.0 Å². The lowest BCUT2D eigenvalue weighted by Gasteiger charge is -2.26. The Morgan fingerprint density at radius 1 is 1.15 bits per heavy atom. The zero-order valence-electron chi connectivity index (χ0n) is 13.5. The van der Waals surface area contributed by atoms with Crippen molar-refractivity contribution in [2.75, 3.05) is 13.1 Å². The molecule has 0 spiro atoms. The fourth-order valence-electron chi connectivity index (χ4n) is 3.53. The van der Waals surface area contributed by atoms with Crippen LogP contribution < -0.4 is 5.32 Å². The van der Waals surface area contributed by atoms with Gasteiger partial charge in [-0.2, -0.15) is 0 Å². The normalized spacial score (nSPS) is 23.8. The first-order valence-corrected chi connectivity index (χ1v) is 8.44. The third-order valence-corrected chi connectivity index (χ3v) is 4.59. The van der Waals surface area contributed by atoms with Gasteiger partial charge < -0.3 is 5.32 Å². The first-order chi connectivity index (χ1) is 9.66. The van der Waals surface area contributed by atoms with Gasteiger partial charge in [0.05, 0.1) is 0 Å². The molecule has 1 aliphatic carbocycles. The molecule has 1 saturated carbocycles. The van der Waals surface area contributed by atoms with Crippen LogP contribution in [0.5, 0.6) is 0 Å². The molecule has 2 rings (SSSR count). The molecule has 0 saturated heterocycles. The van der Waals surface area contributed by atoms with E-state index in [1.807, 2.05) is 0 Å². The lowest BCUT2D eigenvalue weighted by molar-refractivity contribution is 0.366. The Hall–Kier alpha value is -0.820. The largest absolute Gasteiger partial charge is 0.316 e. The van der Waals surface area contributed by atoms with Gasteiger partial charge in [0.25, 0.3) is 0 Å². The monoisotopic (exact) mass is 273 g/mol. The Bertz CT molecular complexity index is 397. The Labute approximate surface area is 125 Å². The summed E-state index contributed by atoms with van der Waals surface area (Å²) >= 11 is 0. The highest BCUT2D eigenvalue weighted by Crippen LogP contribution is 2.36. The van der Waals surface area contributed by atoms with Crippen molar-refractivity contribution in [3.8, 4) is 0 Å². The molecular weight excluding hydrogens is 242 g/mol. The molecule has 1 aromatic carbocycles. The average molecular weight is 273 g/mol. The molecule has 0 aromatic heterocycles. The Balaban J connectivity index is 2.04. The van der Waals surface area contributed by atoms with Gasteiger partial charge in [-0.25, -0.2) is 0 Å². The maximum Gasteiger partial charge on any atom is -0.00146 e. The summed E-state index contributed by atoms with van der Waals surface area (Å²) in [6, 6.07) is 9.20. The van der Waals surface area contributed by atoms with Gasteiger partial charge >= 0.3 is 0 Å². The smallest absolute Gasteiger partial charge is 0.00146 e. The Morgan fingerprint density at radius 3 is 2.70 bits per heavy atom. The molecule has 0 radical (unpaired) electrons. The van der Waals surface area contributed by atoms with E-state index in [4.69, 9.17) is 0 Å². The molecule has 1 fully saturated rings. The van der Waals surface area contributed by atoms with E-state index in [2.05, 4.69) is 50.4 Å². The zero-order valence-corrected chi connectivity index (χ0v) is 13.5. The molecule has 2 unspecified atom stereocenters. The molecule has 112 valence electrons. The van der Waals surface area contributed by atoms with Gasteiger partial charge in [0, 0.05) is 0 Å². The summed E-state index contributed by atoms with van der Waals surface area (Å²) in [5.41, 5.74) is 2.98. The van der Waals surface area contributed by atoms with Crippen molar-refractivity contribution in [2.45, 2.75) is 58.8 Å². The van der Waals surface area contributed by atoms with E-state index in [0.29, 0.717) is 0 Å². The second kappa shape index (κ2) is 7.83. The summed E-state index contributed by atoms with van der Waals surface area (Å²) in [5, 5.41) is 3.70. The molecule has 0 amide bonds. The summed E-state index contributed by atoms with van der Waals surface area (Å²) in [6.45, 7) is 9.14. The Morgan fingerprint density at radius 2 is 1.95 bits per heavy atom. The van der Waals surface area contributed by atoms with E-state index >= 15 is 0 Å². The lowest BCUT2D eigenvalue weighted by atomic mass is 9.82. The topological polar surface area (TPSA) is 12.0 Å². The van der Waals surface area contributed by atoms with Crippen molar-refractivity contribution in [3.05, 3.63) is 35.4 Å². The highest BCUT2D eigenvalue weighted by molar-refractivity contribution is 5.26. The van der Waals surface area contributed by atoms with Crippen LogP contribution in [0, 0.1) is 18.8 Å². The van der Waals surface area contributed by atoms with Crippen molar-refractivity contribution >= 4 is 0 Å². The SMILES string of the molecule is Cc1cccc(C2CCCCCC2CNCC(C)C)c1. The number of aryl methyl sites for hydroxylation is 1. The fourth-order valence-corrected chi connectivity index (χ4v) is 3.53. The van der Waals surface area contributed by atoms with Gasteiger partial charge in [-0.05, 0) is 56.2 Å². The minimum absolute atomic E-state index is 0.748. The van der Waals surface area contributed by atoms with E-state index in [9.17, 15) is 0 Å². The second-order valence-electron chi connectivity index (χ2n) is 6.97. The van der Waals surface area contributed by atoms with Crippen LogP contribution in [0.25, 0.3) is 0 Å². The van der Waals surface area contributed by atoms with Gasteiger partial charge in [-0.15, -0.1) is 0 Å².